The lowest BCUT2D eigenvalue weighted by molar-refractivity contribution is 0.0941. The number of carbonyl (C=O) groups excluding carboxylic acids is 1. The van der Waals surface area contributed by atoms with E-state index in [0.717, 1.165) is 5.56 Å². The van der Waals surface area contributed by atoms with Crippen molar-refractivity contribution in [3.63, 3.8) is 0 Å². The lowest BCUT2D eigenvalue weighted by atomic mass is 10.1. The van der Waals surface area contributed by atoms with Crippen LogP contribution in [0.25, 0.3) is 16.9 Å². The molecule has 29 heavy (non-hydrogen) atoms. The fraction of sp³-hybridized carbons (Fsp3) is 0.273. The third-order valence-corrected chi connectivity index (χ3v) is 4.70. The topological polar surface area (TPSA) is 65.4 Å². The third-order valence-electron chi connectivity index (χ3n) is 4.38. The number of rotatable bonds is 7. The van der Waals surface area contributed by atoms with Gasteiger partial charge in [0.15, 0.2) is 0 Å². The highest BCUT2D eigenvalue weighted by atomic mass is 35.5. The molecule has 0 radical (unpaired) electrons. The van der Waals surface area contributed by atoms with Crippen LogP contribution in [0.4, 0.5) is 0 Å². The van der Waals surface area contributed by atoms with E-state index < -0.39 is 0 Å². The number of methoxy groups -OCH3 is 2. The molecule has 3 rings (SSSR count). The first-order valence-electron chi connectivity index (χ1n) is 9.30. The van der Waals surface area contributed by atoms with Gasteiger partial charge in [-0.3, -0.25) is 4.79 Å². The summed E-state index contributed by atoms with van der Waals surface area (Å²) in [5.41, 5.74) is 2.37. The molecular weight excluding hydrogens is 390 g/mol. The van der Waals surface area contributed by atoms with Crippen LogP contribution in [0.15, 0.2) is 48.5 Å². The second-order valence-electron chi connectivity index (χ2n) is 6.95. The second-order valence-corrected chi connectivity index (χ2v) is 7.36. The van der Waals surface area contributed by atoms with E-state index in [4.69, 9.17) is 21.1 Å². The van der Waals surface area contributed by atoms with Crippen LogP contribution in [-0.4, -0.2) is 36.5 Å². The SMILES string of the molecule is COc1ccc(-c2cc(C(=O)NCC(C)C)n(-c3ccccc3Cl)n2)c(OC)c1. The molecule has 0 unspecified atom stereocenters. The molecule has 3 aromatic rings. The average molecular weight is 414 g/mol. The number of benzene rings is 2. The third kappa shape index (κ3) is 4.54. The van der Waals surface area contributed by atoms with Crippen LogP contribution in [0.1, 0.15) is 24.3 Å². The standard InChI is InChI=1S/C22H24ClN3O3/c1-14(2)13-24-22(27)20-12-18(16-10-9-15(28-3)11-21(16)29-4)25-26(20)19-8-6-5-7-17(19)23/h5-12,14H,13H2,1-4H3,(H,24,27). The van der Waals surface area contributed by atoms with Crippen molar-refractivity contribution in [2.45, 2.75) is 13.8 Å². The van der Waals surface area contributed by atoms with Gasteiger partial charge in [0, 0.05) is 18.2 Å². The maximum Gasteiger partial charge on any atom is 0.270 e. The summed E-state index contributed by atoms with van der Waals surface area (Å²) in [7, 11) is 3.18. The van der Waals surface area contributed by atoms with Crippen LogP contribution < -0.4 is 14.8 Å². The molecule has 2 aromatic carbocycles. The van der Waals surface area contributed by atoms with E-state index in [1.165, 1.54) is 0 Å². The Morgan fingerprint density at radius 2 is 1.90 bits per heavy atom. The van der Waals surface area contributed by atoms with Gasteiger partial charge in [-0.15, -0.1) is 0 Å². The van der Waals surface area contributed by atoms with Gasteiger partial charge in [0.25, 0.3) is 5.91 Å². The summed E-state index contributed by atoms with van der Waals surface area (Å²) in [5.74, 6) is 1.38. The average Bonchev–Trinajstić information content (AvgIpc) is 3.16. The highest BCUT2D eigenvalue weighted by Crippen LogP contribution is 2.34. The van der Waals surface area contributed by atoms with Gasteiger partial charge < -0.3 is 14.8 Å². The smallest absolute Gasteiger partial charge is 0.270 e. The summed E-state index contributed by atoms with van der Waals surface area (Å²) in [6.07, 6.45) is 0. The monoisotopic (exact) mass is 413 g/mol. The van der Waals surface area contributed by atoms with Crippen LogP contribution in [0, 0.1) is 5.92 Å². The molecule has 1 aromatic heterocycles. The fourth-order valence-corrected chi connectivity index (χ4v) is 3.09. The van der Waals surface area contributed by atoms with Gasteiger partial charge in [0.1, 0.15) is 17.2 Å². The lowest BCUT2D eigenvalue weighted by Crippen LogP contribution is -2.29. The number of halogens is 1. The van der Waals surface area contributed by atoms with E-state index in [1.807, 2.05) is 44.2 Å². The molecule has 0 aliphatic rings. The minimum absolute atomic E-state index is 0.218. The predicted octanol–water partition coefficient (Wildman–Crippen LogP) is 4.60. The number of ether oxygens (including phenoxy) is 2. The molecule has 1 N–H and O–H groups in total. The van der Waals surface area contributed by atoms with E-state index in [-0.39, 0.29) is 5.91 Å². The Labute approximate surface area is 175 Å². The first-order chi connectivity index (χ1) is 13.9. The Morgan fingerprint density at radius 3 is 2.55 bits per heavy atom. The number of aromatic nitrogens is 2. The van der Waals surface area contributed by atoms with Crippen molar-refractivity contribution in [2.24, 2.45) is 5.92 Å². The summed E-state index contributed by atoms with van der Waals surface area (Å²) < 4.78 is 12.3. The minimum Gasteiger partial charge on any atom is -0.497 e. The summed E-state index contributed by atoms with van der Waals surface area (Å²) in [4.78, 5) is 12.9. The maximum atomic E-state index is 12.9. The van der Waals surface area contributed by atoms with Gasteiger partial charge in [0.2, 0.25) is 0 Å². The van der Waals surface area contributed by atoms with Crippen molar-refractivity contribution in [2.75, 3.05) is 20.8 Å². The number of hydrogen-bond donors (Lipinski definition) is 1. The van der Waals surface area contributed by atoms with E-state index >= 15 is 0 Å². The molecular formula is C22H24ClN3O3. The summed E-state index contributed by atoms with van der Waals surface area (Å²) in [6.45, 7) is 4.65. The minimum atomic E-state index is -0.218. The number of hydrogen-bond acceptors (Lipinski definition) is 4. The van der Waals surface area contributed by atoms with Crippen LogP contribution in [-0.2, 0) is 0 Å². The molecule has 0 saturated carbocycles. The summed E-state index contributed by atoms with van der Waals surface area (Å²) in [6, 6.07) is 14.5. The van der Waals surface area contributed by atoms with Gasteiger partial charge >= 0.3 is 0 Å². The van der Waals surface area contributed by atoms with E-state index in [9.17, 15) is 4.79 Å². The van der Waals surface area contributed by atoms with E-state index in [1.54, 1.807) is 37.1 Å². The van der Waals surface area contributed by atoms with E-state index in [0.29, 0.717) is 46.1 Å². The zero-order chi connectivity index (χ0) is 21.0. The number of nitrogens with one attached hydrogen (secondary N) is 1. The van der Waals surface area contributed by atoms with Crippen molar-refractivity contribution < 1.29 is 14.3 Å². The highest BCUT2D eigenvalue weighted by Gasteiger charge is 2.21. The Hall–Kier alpha value is -2.99. The van der Waals surface area contributed by atoms with Crippen molar-refractivity contribution >= 4 is 17.5 Å². The highest BCUT2D eigenvalue weighted by molar-refractivity contribution is 6.32. The van der Waals surface area contributed by atoms with Gasteiger partial charge in [-0.2, -0.15) is 5.10 Å². The van der Waals surface area contributed by atoms with Crippen LogP contribution in [0.3, 0.4) is 0 Å². The Kier molecular flexibility index (Phi) is 6.44. The predicted molar refractivity (Wildman–Crippen MR) is 114 cm³/mol. The van der Waals surface area contributed by atoms with Crippen LogP contribution >= 0.6 is 11.6 Å². The normalized spacial score (nSPS) is 10.8. The van der Waals surface area contributed by atoms with Gasteiger partial charge in [-0.05, 0) is 36.2 Å². The quantitative estimate of drug-likeness (QED) is 0.615. The van der Waals surface area contributed by atoms with E-state index in [2.05, 4.69) is 10.4 Å². The van der Waals surface area contributed by atoms with Crippen LogP contribution in [0.5, 0.6) is 11.5 Å². The number of nitrogens with zero attached hydrogens (tertiary/aromatic N) is 2. The Balaban J connectivity index is 2.12. The zero-order valence-corrected chi connectivity index (χ0v) is 17.7. The fourth-order valence-electron chi connectivity index (χ4n) is 2.88. The van der Waals surface area contributed by atoms with Crippen molar-refractivity contribution in [3.8, 4) is 28.4 Å². The molecule has 1 heterocycles. The molecule has 1 amide bonds. The molecule has 0 fully saturated rings. The largest absolute Gasteiger partial charge is 0.497 e. The molecule has 0 aliphatic heterocycles. The number of carbonyl (C=O) groups is 1. The van der Waals surface area contributed by atoms with Crippen LogP contribution in [0.2, 0.25) is 5.02 Å². The lowest BCUT2D eigenvalue weighted by Gasteiger charge is -2.10. The molecule has 0 atom stereocenters. The number of amides is 1. The van der Waals surface area contributed by atoms with Gasteiger partial charge in [-0.25, -0.2) is 4.68 Å². The zero-order valence-electron chi connectivity index (χ0n) is 16.9. The molecule has 0 aliphatic carbocycles. The first kappa shape index (κ1) is 20.7. The molecule has 0 spiro atoms. The van der Waals surface area contributed by atoms with Crippen molar-refractivity contribution in [3.05, 3.63) is 59.2 Å². The first-order valence-corrected chi connectivity index (χ1v) is 9.68. The summed E-state index contributed by atoms with van der Waals surface area (Å²) >= 11 is 6.38. The molecule has 6 nitrogen and oxygen atoms in total. The van der Waals surface area contributed by atoms with Crippen molar-refractivity contribution in [1.29, 1.82) is 0 Å². The summed E-state index contributed by atoms with van der Waals surface area (Å²) in [5, 5.41) is 8.12. The molecule has 0 saturated heterocycles. The molecule has 0 bridgehead atoms. The van der Waals surface area contributed by atoms with Gasteiger partial charge in [-0.1, -0.05) is 37.6 Å². The number of para-hydroxylation sites is 1. The second kappa shape index (κ2) is 9.01. The Morgan fingerprint density at radius 1 is 1.14 bits per heavy atom. The Bertz CT molecular complexity index is 1010. The molecule has 7 heteroatoms. The maximum absolute atomic E-state index is 12.9. The van der Waals surface area contributed by atoms with Crippen molar-refractivity contribution in [1.82, 2.24) is 15.1 Å². The molecule has 152 valence electrons. The van der Waals surface area contributed by atoms with Gasteiger partial charge in [0.05, 0.1) is 30.6 Å².